The Balaban J connectivity index is 1.87. The lowest BCUT2D eigenvalue weighted by atomic mass is 9.89. The van der Waals surface area contributed by atoms with E-state index in [1.165, 1.54) is 6.20 Å². The number of carbonyl (C=O) groups excluding carboxylic acids is 1. The van der Waals surface area contributed by atoms with Crippen LogP contribution in [0.25, 0.3) is 0 Å². The molecule has 6 heteroatoms. The number of nitrogens with one attached hydrogen (secondary N) is 2. The van der Waals surface area contributed by atoms with Crippen molar-refractivity contribution >= 4 is 11.6 Å². The van der Waals surface area contributed by atoms with E-state index in [1.807, 2.05) is 0 Å². The molecule has 1 saturated carbocycles. The highest BCUT2D eigenvalue weighted by atomic mass is 16.5. The first kappa shape index (κ1) is 11.8. The number of rotatable bonds is 4. The summed E-state index contributed by atoms with van der Waals surface area (Å²) in [6.07, 6.45) is 3.53. The second-order valence-corrected chi connectivity index (χ2v) is 4.08. The topological polar surface area (TPSA) is 89.3 Å². The highest BCUT2D eigenvalue weighted by Crippen LogP contribution is 2.22. The maximum absolute atomic E-state index is 11.8. The van der Waals surface area contributed by atoms with Crippen LogP contribution < -0.4 is 16.6 Å². The van der Waals surface area contributed by atoms with Crippen molar-refractivity contribution in [1.29, 1.82) is 0 Å². The van der Waals surface area contributed by atoms with Gasteiger partial charge in [0.25, 0.3) is 5.91 Å². The van der Waals surface area contributed by atoms with Crippen molar-refractivity contribution in [2.75, 3.05) is 12.5 Å². The second kappa shape index (κ2) is 5.11. The molecular weight excluding hydrogens is 220 g/mol. The summed E-state index contributed by atoms with van der Waals surface area (Å²) in [5.41, 5.74) is 3.52. The first-order valence-corrected chi connectivity index (χ1v) is 5.49. The van der Waals surface area contributed by atoms with E-state index in [1.54, 1.807) is 19.2 Å². The molecule has 6 nitrogen and oxygen atoms in total. The van der Waals surface area contributed by atoms with E-state index in [2.05, 4.69) is 15.7 Å². The van der Waals surface area contributed by atoms with Crippen molar-refractivity contribution in [1.82, 2.24) is 10.3 Å². The average Bonchev–Trinajstić information content (AvgIpc) is 2.33. The number of nitrogens with zero attached hydrogens (tertiary/aromatic N) is 1. The van der Waals surface area contributed by atoms with E-state index in [4.69, 9.17) is 10.6 Å². The zero-order valence-electron chi connectivity index (χ0n) is 9.64. The van der Waals surface area contributed by atoms with E-state index in [0.717, 1.165) is 12.8 Å². The number of nitrogens with two attached hydrogens (primary N) is 1. The van der Waals surface area contributed by atoms with Gasteiger partial charge in [0.2, 0.25) is 0 Å². The van der Waals surface area contributed by atoms with Crippen molar-refractivity contribution < 1.29 is 9.53 Å². The number of hydrogen-bond donors (Lipinski definition) is 3. The van der Waals surface area contributed by atoms with E-state index < -0.39 is 0 Å². The van der Waals surface area contributed by atoms with Crippen LogP contribution in [0, 0.1) is 0 Å². The molecule has 1 aliphatic rings. The van der Waals surface area contributed by atoms with Crippen LogP contribution in [0.15, 0.2) is 18.3 Å². The van der Waals surface area contributed by atoms with Crippen LogP contribution in [-0.2, 0) is 4.74 Å². The number of carbonyl (C=O) groups is 1. The molecule has 0 aromatic carbocycles. The number of hydrazine groups is 1. The highest BCUT2D eigenvalue weighted by molar-refractivity contribution is 5.92. The van der Waals surface area contributed by atoms with Gasteiger partial charge < -0.3 is 15.5 Å². The van der Waals surface area contributed by atoms with Crippen LogP contribution in [0.2, 0.25) is 0 Å². The second-order valence-electron chi connectivity index (χ2n) is 4.08. The molecule has 17 heavy (non-hydrogen) atoms. The normalized spacial score (nSPS) is 22.7. The smallest absolute Gasteiger partial charge is 0.270 e. The van der Waals surface area contributed by atoms with Crippen LogP contribution in [0.5, 0.6) is 0 Å². The largest absolute Gasteiger partial charge is 0.381 e. The van der Waals surface area contributed by atoms with E-state index in [9.17, 15) is 4.79 Å². The Kier molecular flexibility index (Phi) is 3.55. The Morgan fingerprint density at radius 1 is 1.53 bits per heavy atom. The number of pyridine rings is 1. The van der Waals surface area contributed by atoms with Gasteiger partial charge >= 0.3 is 0 Å². The third kappa shape index (κ3) is 2.72. The number of hydrogen-bond acceptors (Lipinski definition) is 5. The molecule has 0 spiro atoms. The molecule has 1 amide bonds. The number of methoxy groups -OCH3 is 1. The maximum Gasteiger partial charge on any atom is 0.270 e. The quantitative estimate of drug-likeness (QED) is 0.516. The molecule has 1 aromatic rings. The van der Waals surface area contributed by atoms with Crippen molar-refractivity contribution in [3.8, 4) is 0 Å². The summed E-state index contributed by atoms with van der Waals surface area (Å²) in [4.78, 5) is 15.8. The number of nitrogen functional groups attached to an aromatic ring is 1. The first-order chi connectivity index (χ1) is 8.22. The lowest BCUT2D eigenvalue weighted by Crippen LogP contribution is -2.47. The van der Waals surface area contributed by atoms with E-state index >= 15 is 0 Å². The number of ether oxygens (including phenoxy) is 1. The molecule has 1 aromatic heterocycles. The predicted octanol–water partition coefficient (Wildman–Crippen LogP) is 0.274. The molecular formula is C11H16N4O2. The predicted molar refractivity (Wildman–Crippen MR) is 63.3 cm³/mol. The van der Waals surface area contributed by atoms with Gasteiger partial charge in [0.15, 0.2) is 0 Å². The molecule has 0 aliphatic heterocycles. The Hall–Kier alpha value is -1.66. The molecule has 0 saturated heterocycles. The van der Waals surface area contributed by atoms with Crippen molar-refractivity contribution in [3.05, 3.63) is 24.0 Å². The summed E-state index contributed by atoms with van der Waals surface area (Å²) in [6, 6.07) is 3.54. The fraction of sp³-hybridized carbons (Fsp3) is 0.455. The SMILES string of the molecule is COC1CC(NC(=O)c2ccc(NN)cn2)C1. The number of anilines is 1. The maximum atomic E-state index is 11.8. The van der Waals surface area contributed by atoms with Gasteiger partial charge in [0, 0.05) is 13.2 Å². The summed E-state index contributed by atoms with van der Waals surface area (Å²) in [5.74, 6) is 5.05. The molecule has 0 unspecified atom stereocenters. The third-order valence-corrected chi connectivity index (χ3v) is 2.93. The average molecular weight is 236 g/mol. The minimum absolute atomic E-state index is 0.159. The van der Waals surface area contributed by atoms with E-state index in [0.29, 0.717) is 11.4 Å². The monoisotopic (exact) mass is 236 g/mol. The zero-order valence-corrected chi connectivity index (χ0v) is 9.64. The lowest BCUT2D eigenvalue weighted by molar-refractivity contribution is 0.0175. The Bertz CT molecular complexity index is 387. The Morgan fingerprint density at radius 2 is 2.29 bits per heavy atom. The van der Waals surface area contributed by atoms with Crippen molar-refractivity contribution in [2.45, 2.75) is 25.0 Å². The van der Waals surface area contributed by atoms with Crippen molar-refractivity contribution in [2.24, 2.45) is 5.84 Å². The van der Waals surface area contributed by atoms with Crippen LogP contribution in [0.1, 0.15) is 23.3 Å². The van der Waals surface area contributed by atoms with Gasteiger partial charge in [-0.1, -0.05) is 0 Å². The molecule has 92 valence electrons. The molecule has 1 aliphatic carbocycles. The van der Waals surface area contributed by atoms with Crippen LogP contribution >= 0.6 is 0 Å². The molecule has 4 N–H and O–H groups in total. The molecule has 2 rings (SSSR count). The fourth-order valence-corrected chi connectivity index (χ4v) is 1.75. The molecule has 1 heterocycles. The van der Waals surface area contributed by atoms with Gasteiger partial charge in [-0.3, -0.25) is 10.6 Å². The van der Waals surface area contributed by atoms with Crippen LogP contribution in [0.3, 0.4) is 0 Å². The van der Waals surface area contributed by atoms with Gasteiger partial charge in [-0.05, 0) is 25.0 Å². The standard InChI is InChI=1S/C11H16N4O2/c1-17-9-4-8(5-9)14-11(16)10-3-2-7(15-12)6-13-10/h2-3,6,8-9,15H,4-5,12H2,1H3,(H,14,16). The Morgan fingerprint density at radius 3 is 2.82 bits per heavy atom. The summed E-state index contributed by atoms with van der Waals surface area (Å²) in [5, 5.41) is 2.90. The number of aromatic nitrogens is 1. The van der Waals surface area contributed by atoms with Gasteiger partial charge in [0.1, 0.15) is 5.69 Å². The van der Waals surface area contributed by atoms with Gasteiger partial charge in [0.05, 0.1) is 18.0 Å². The first-order valence-electron chi connectivity index (χ1n) is 5.49. The summed E-state index contributed by atoms with van der Waals surface area (Å²) >= 11 is 0. The minimum atomic E-state index is -0.159. The van der Waals surface area contributed by atoms with Gasteiger partial charge in [-0.2, -0.15) is 0 Å². The minimum Gasteiger partial charge on any atom is -0.381 e. The molecule has 0 radical (unpaired) electrons. The highest BCUT2D eigenvalue weighted by Gasteiger charge is 2.30. The van der Waals surface area contributed by atoms with E-state index in [-0.39, 0.29) is 18.1 Å². The molecule has 0 atom stereocenters. The summed E-state index contributed by atoms with van der Waals surface area (Å²) < 4.78 is 5.14. The lowest BCUT2D eigenvalue weighted by Gasteiger charge is -2.34. The Labute approximate surface area is 99.5 Å². The van der Waals surface area contributed by atoms with Crippen LogP contribution in [-0.4, -0.2) is 30.1 Å². The van der Waals surface area contributed by atoms with Crippen molar-refractivity contribution in [3.63, 3.8) is 0 Å². The molecule has 1 fully saturated rings. The summed E-state index contributed by atoms with van der Waals surface area (Å²) in [7, 11) is 1.68. The summed E-state index contributed by atoms with van der Waals surface area (Å²) in [6.45, 7) is 0. The zero-order chi connectivity index (χ0) is 12.3. The number of amides is 1. The van der Waals surface area contributed by atoms with Crippen LogP contribution in [0.4, 0.5) is 5.69 Å². The fourth-order valence-electron chi connectivity index (χ4n) is 1.75. The third-order valence-electron chi connectivity index (χ3n) is 2.93. The van der Waals surface area contributed by atoms with Gasteiger partial charge in [-0.25, -0.2) is 4.98 Å². The molecule has 0 bridgehead atoms. The van der Waals surface area contributed by atoms with Gasteiger partial charge in [-0.15, -0.1) is 0 Å².